The molecule has 3 aliphatic heterocycles. The highest BCUT2D eigenvalue weighted by Crippen LogP contribution is 2.36. The van der Waals surface area contributed by atoms with Crippen LogP contribution in [0.15, 0.2) is 23.8 Å². The molecule has 2 saturated heterocycles. The van der Waals surface area contributed by atoms with Crippen molar-refractivity contribution in [1.29, 1.82) is 0 Å². The number of ketones is 1. The van der Waals surface area contributed by atoms with Gasteiger partial charge in [-0.1, -0.05) is 45.4 Å². The molecule has 0 aliphatic carbocycles. The van der Waals surface area contributed by atoms with E-state index in [1.165, 1.54) is 13.0 Å². The van der Waals surface area contributed by atoms with Gasteiger partial charge in [-0.05, 0) is 66.6 Å². The molecule has 0 saturated carbocycles. The molecule has 0 bridgehead atoms. The fourth-order valence-corrected chi connectivity index (χ4v) is 7.54. The van der Waals surface area contributed by atoms with Crippen molar-refractivity contribution in [3.63, 3.8) is 0 Å². The monoisotopic (exact) mass is 713 g/mol. The number of allylic oxidation sites excluding steroid dienone is 3. The van der Waals surface area contributed by atoms with Crippen LogP contribution >= 0.6 is 0 Å². The van der Waals surface area contributed by atoms with E-state index in [0.29, 0.717) is 12.8 Å². The Kier molecular flexibility index (Phi) is 15.6. The number of nitrogens with zero attached hydrogens (tertiary/aromatic N) is 1. The molecule has 16 atom stereocenters. The van der Waals surface area contributed by atoms with Gasteiger partial charge in [0.25, 0.3) is 0 Å². The van der Waals surface area contributed by atoms with Crippen LogP contribution in [0.2, 0.25) is 0 Å². The predicted octanol–water partition coefficient (Wildman–Crippen LogP) is 2.10. The number of hydrogen-bond donors (Lipinski definition) is 5. The maximum atomic E-state index is 13.2. The van der Waals surface area contributed by atoms with E-state index in [9.17, 15) is 35.1 Å². The van der Waals surface area contributed by atoms with E-state index in [1.54, 1.807) is 51.9 Å². The second-order valence-corrected chi connectivity index (χ2v) is 15.3. The normalized spacial score (nSPS) is 46.2. The average Bonchev–Trinajstić information content (AvgIpc) is 3.03. The molecule has 50 heavy (non-hydrogen) atoms. The van der Waals surface area contributed by atoms with Gasteiger partial charge in [0.2, 0.25) is 0 Å². The molecule has 5 unspecified atom stereocenters. The van der Waals surface area contributed by atoms with E-state index >= 15 is 0 Å². The van der Waals surface area contributed by atoms with Gasteiger partial charge in [0.05, 0.1) is 49.1 Å². The number of aliphatic hydroxyl groups is 5. The average molecular weight is 714 g/mol. The molecule has 13 nitrogen and oxygen atoms in total. The van der Waals surface area contributed by atoms with Crippen LogP contribution in [0, 0.1) is 23.7 Å². The lowest BCUT2D eigenvalue weighted by Crippen LogP contribution is -2.65. The van der Waals surface area contributed by atoms with Crippen molar-refractivity contribution >= 4 is 11.8 Å². The molecule has 0 aromatic rings. The van der Waals surface area contributed by atoms with Crippen molar-refractivity contribution in [2.24, 2.45) is 23.7 Å². The van der Waals surface area contributed by atoms with Gasteiger partial charge in [-0.2, -0.15) is 0 Å². The molecular formula is C37H63NO12. The van der Waals surface area contributed by atoms with Crippen molar-refractivity contribution < 1.29 is 58.8 Å². The molecular weight excluding hydrogens is 650 g/mol. The highest BCUT2D eigenvalue weighted by atomic mass is 16.7. The number of carbonyl (C=O) groups excluding carboxylic acids is 2. The van der Waals surface area contributed by atoms with Crippen LogP contribution in [-0.4, -0.2) is 136 Å². The van der Waals surface area contributed by atoms with Gasteiger partial charge >= 0.3 is 5.97 Å². The Balaban J connectivity index is 1.89. The number of likely N-dealkylation sites (N-methyl/N-ethyl adjacent to an activating group) is 1. The van der Waals surface area contributed by atoms with Gasteiger partial charge in [-0.15, -0.1) is 0 Å². The van der Waals surface area contributed by atoms with Crippen molar-refractivity contribution in [1.82, 2.24) is 4.90 Å². The Morgan fingerprint density at radius 1 is 0.980 bits per heavy atom. The standard InChI is InChI=1S/C37H63NO12/c1-11-28-25(18-39)14-19(2)12-13-26(40)20(3)15-21(4)33(22(5)27(41)16-29(42)48-28)50-36-32(43)31(38(9)10)34(23(6)47-36)49-30-17-37(8,45)35(44)24(7)46-30/h12-14,20-25,27-28,30-36,39,41,43-45H,11,15-18H2,1-10H3/b13-12+,19-14+/t20-,21+,22+,23?,24-,25-,27-,28-,30+,31?,32?,33+,34-,35?,36+,37?/m1/s1. The van der Waals surface area contributed by atoms with Gasteiger partial charge in [0.15, 0.2) is 18.4 Å². The van der Waals surface area contributed by atoms with Crippen LogP contribution in [-0.2, 0) is 33.3 Å². The highest BCUT2D eigenvalue weighted by molar-refractivity contribution is 5.91. The number of aliphatic hydroxyl groups excluding tert-OH is 4. The number of ether oxygens (including phenoxy) is 5. The third kappa shape index (κ3) is 10.6. The lowest BCUT2D eigenvalue weighted by Gasteiger charge is -2.50. The molecule has 13 heteroatoms. The number of rotatable bonds is 7. The molecule has 0 radical (unpaired) electrons. The molecule has 2 fully saturated rings. The SMILES string of the molecule is CC[C@H]1OC(=O)C[C@@H](O)[C@H](C)[C@@H](O[C@@H]2OC(C)[C@@H](O[C@H]3CC(C)(O)C(O)[C@@H](C)O3)C(N(C)C)C2O)[C@@H](C)C[C@@H](C)C(=O)/C=C/C(C)=C/[C@@H]1CO. The van der Waals surface area contributed by atoms with Crippen molar-refractivity contribution in [3.8, 4) is 0 Å². The summed E-state index contributed by atoms with van der Waals surface area (Å²) in [4.78, 5) is 28.1. The summed E-state index contributed by atoms with van der Waals surface area (Å²) in [6.07, 6.45) is -3.47. The molecule has 3 aliphatic rings. The number of hydrogen-bond acceptors (Lipinski definition) is 13. The molecule has 3 heterocycles. The summed E-state index contributed by atoms with van der Waals surface area (Å²) in [7, 11) is 3.58. The van der Waals surface area contributed by atoms with Gasteiger partial charge < -0.3 is 54.1 Å². The molecule has 0 spiro atoms. The minimum atomic E-state index is -1.44. The predicted molar refractivity (Wildman–Crippen MR) is 185 cm³/mol. The fourth-order valence-electron chi connectivity index (χ4n) is 7.54. The minimum absolute atomic E-state index is 0.0108. The number of esters is 1. The van der Waals surface area contributed by atoms with Crippen LogP contribution in [0.25, 0.3) is 0 Å². The highest BCUT2D eigenvalue weighted by Gasteiger charge is 2.51. The first-order valence-corrected chi connectivity index (χ1v) is 18.1. The third-order valence-electron chi connectivity index (χ3n) is 10.6. The molecule has 0 aromatic heterocycles. The summed E-state index contributed by atoms with van der Waals surface area (Å²) in [5, 5.41) is 54.3. The quantitative estimate of drug-likeness (QED) is 0.242. The van der Waals surface area contributed by atoms with Crippen LogP contribution < -0.4 is 0 Å². The van der Waals surface area contributed by atoms with E-state index in [-0.39, 0.29) is 31.1 Å². The molecule has 5 N–H and O–H groups in total. The zero-order valence-electron chi connectivity index (χ0n) is 31.5. The fraction of sp³-hybridized carbons (Fsp3) is 0.838. The number of cyclic esters (lactones) is 1. The Morgan fingerprint density at radius 3 is 2.22 bits per heavy atom. The molecule has 0 amide bonds. The van der Waals surface area contributed by atoms with Gasteiger partial charge in [-0.25, -0.2) is 0 Å². The molecule has 288 valence electrons. The van der Waals surface area contributed by atoms with Gasteiger partial charge in [0.1, 0.15) is 24.4 Å². The van der Waals surface area contributed by atoms with Crippen molar-refractivity contribution in [2.45, 2.75) is 154 Å². The van der Waals surface area contributed by atoms with E-state index < -0.39 is 96.8 Å². The van der Waals surface area contributed by atoms with Crippen molar-refractivity contribution in [3.05, 3.63) is 23.8 Å². The Labute approximate surface area is 297 Å². The summed E-state index contributed by atoms with van der Waals surface area (Å²) < 4.78 is 30.8. The Morgan fingerprint density at radius 2 is 1.64 bits per heavy atom. The first-order valence-electron chi connectivity index (χ1n) is 18.1. The lowest BCUT2D eigenvalue weighted by molar-refractivity contribution is -0.341. The van der Waals surface area contributed by atoms with E-state index in [0.717, 1.165) is 5.57 Å². The largest absolute Gasteiger partial charge is 0.462 e. The van der Waals surface area contributed by atoms with Crippen LogP contribution in [0.4, 0.5) is 0 Å². The van der Waals surface area contributed by atoms with E-state index in [1.807, 2.05) is 27.7 Å². The van der Waals surface area contributed by atoms with Crippen LogP contribution in [0.1, 0.15) is 81.1 Å². The Hall–Kier alpha value is -1.78. The molecule has 0 aromatic carbocycles. The van der Waals surface area contributed by atoms with Gasteiger partial charge in [0, 0.05) is 24.2 Å². The first-order chi connectivity index (χ1) is 23.3. The second-order valence-electron chi connectivity index (χ2n) is 15.3. The summed E-state index contributed by atoms with van der Waals surface area (Å²) in [5.41, 5.74) is -0.693. The minimum Gasteiger partial charge on any atom is -0.462 e. The summed E-state index contributed by atoms with van der Waals surface area (Å²) >= 11 is 0. The van der Waals surface area contributed by atoms with Gasteiger partial charge in [-0.3, -0.25) is 9.59 Å². The lowest BCUT2D eigenvalue weighted by atomic mass is 9.82. The summed E-state index contributed by atoms with van der Waals surface area (Å²) in [6.45, 7) is 13.9. The van der Waals surface area contributed by atoms with Crippen LogP contribution in [0.5, 0.6) is 0 Å². The second kappa shape index (κ2) is 18.3. The summed E-state index contributed by atoms with van der Waals surface area (Å²) in [6, 6.07) is -0.649. The Bertz CT molecular complexity index is 1180. The van der Waals surface area contributed by atoms with Crippen molar-refractivity contribution in [2.75, 3.05) is 20.7 Å². The van der Waals surface area contributed by atoms with E-state index in [2.05, 4.69) is 0 Å². The zero-order valence-corrected chi connectivity index (χ0v) is 31.5. The van der Waals surface area contributed by atoms with Crippen LogP contribution in [0.3, 0.4) is 0 Å². The summed E-state index contributed by atoms with van der Waals surface area (Å²) in [5.74, 6) is -2.57. The molecule has 3 rings (SSSR count). The maximum Gasteiger partial charge on any atom is 0.308 e. The smallest absolute Gasteiger partial charge is 0.308 e. The number of carbonyl (C=O) groups is 2. The third-order valence-corrected chi connectivity index (χ3v) is 10.6. The van der Waals surface area contributed by atoms with E-state index in [4.69, 9.17) is 23.7 Å². The topological polar surface area (TPSA) is 185 Å². The zero-order chi connectivity index (χ0) is 37.7. The first kappa shape index (κ1) is 42.6. The maximum absolute atomic E-state index is 13.2.